The van der Waals surface area contributed by atoms with Crippen molar-refractivity contribution in [1.29, 1.82) is 0 Å². The second-order valence-electron chi connectivity index (χ2n) is 3.24. The molecule has 3 rings (SSSR count). The van der Waals surface area contributed by atoms with Gasteiger partial charge in [-0.2, -0.15) is 0 Å². The van der Waals surface area contributed by atoms with Crippen molar-refractivity contribution >= 4 is 0 Å². The fourth-order valence-corrected chi connectivity index (χ4v) is 1.50. The van der Waals surface area contributed by atoms with Gasteiger partial charge in [0.1, 0.15) is 17.2 Å². The van der Waals surface area contributed by atoms with Crippen LogP contribution in [0, 0.1) is 0 Å². The number of aromatic nitrogens is 6. The van der Waals surface area contributed by atoms with Crippen LogP contribution in [0.25, 0.3) is 11.6 Å². The molecule has 1 N–H and O–H groups in total. The maximum atomic E-state index is 4.02. The van der Waals surface area contributed by atoms with Crippen molar-refractivity contribution in [3.63, 3.8) is 0 Å². The summed E-state index contributed by atoms with van der Waals surface area (Å²) in [5, 5.41) is 10.6. The van der Waals surface area contributed by atoms with Crippen molar-refractivity contribution in [3.05, 3.63) is 49.1 Å². The molecular formula is C10H9N6+. The van der Waals surface area contributed by atoms with Crippen LogP contribution >= 0.6 is 0 Å². The Kier molecular flexibility index (Phi) is 1.96. The largest absolute Gasteiger partial charge is 0.417 e. The zero-order valence-electron chi connectivity index (χ0n) is 8.35. The molecule has 3 aromatic rings. The molecule has 0 aliphatic rings. The van der Waals surface area contributed by atoms with Gasteiger partial charge in [-0.1, -0.05) is 23.4 Å². The Bertz CT molecular complexity index is 568. The third-order valence-corrected chi connectivity index (χ3v) is 2.23. The van der Waals surface area contributed by atoms with Gasteiger partial charge >= 0.3 is 5.95 Å². The number of H-pyrrole nitrogens is 1. The van der Waals surface area contributed by atoms with E-state index in [0.29, 0.717) is 5.95 Å². The van der Waals surface area contributed by atoms with Gasteiger partial charge in [-0.05, 0) is 12.1 Å². The molecule has 0 amide bonds. The number of aromatic amines is 1. The molecular weight excluding hydrogens is 204 g/mol. The summed E-state index contributed by atoms with van der Waals surface area (Å²) in [6.07, 6.45) is 5.19. The van der Waals surface area contributed by atoms with E-state index in [1.54, 1.807) is 21.8 Å². The summed E-state index contributed by atoms with van der Waals surface area (Å²) < 4.78 is 3.57. The third kappa shape index (κ3) is 1.36. The first-order chi connectivity index (χ1) is 7.95. The molecule has 0 radical (unpaired) electrons. The number of nitrogens with zero attached hydrogens (tertiary/aromatic N) is 5. The number of benzene rings is 1. The van der Waals surface area contributed by atoms with Gasteiger partial charge in [0.2, 0.25) is 0 Å². The quantitative estimate of drug-likeness (QED) is 0.621. The number of hydrogen-bond acceptors (Lipinski definition) is 3. The van der Waals surface area contributed by atoms with Crippen LogP contribution in [0.1, 0.15) is 0 Å². The fraction of sp³-hybridized carbons (Fsp3) is 0. The Labute approximate surface area is 91.2 Å². The van der Waals surface area contributed by atoms with Gasteiger partial charge in [0, 0.05) is 0 Å². The van der Waals surface area contributed by atoms with Gasteiger partial charge in [0.25, 0.3) is 0 Å². The van der Waals surface area contributed by atoms with E-state index in [-0.39, 0.29) is 0 Å². The number of hydrogen-bond donors (Lipinski definition) is 1. The van der Waals surface area contributed by atoms with Gasteiger partial charge < -0.3 is 0 Å². The van der Waals surface area contributed by atoms with Gasteiger partial charge in [0.05, 0.1) is 17.5 Å². The molecule has 2 aromatic heterocycles. The number of imidazole rings is 1. The normalized spacial score (nSPS) is 10.5. The number of rotatable bonds is 2. The highest BCUT2D eigenvalue weighted by atomic mass is 15.6. The van der Waals surface area contributed by atoms with Gasteiger partial charge in [-0.3, -0.25) is 0 Å². The van der Waals surface area contributed by atoms with E-state index in [2.05, 4.69) is 20.5 Å². The summed E-state index contributed by atoms with van der Waals surface area (Å²) in [6, 6.07) is 9.83. The molecule has 1 aromatic carbocycles. The number of para-hydroxylation sites is 1. The van der Waals surface area contributed by atoms with Crippen molar-refractivity contribution in [2.75, 3.05) is 0 Å². The minimum Gasteiger partial charge on any atom is -0.232 e. The fourth-order valence-electron chi connectivity index (χ4n) is 1.50. The number of nitrogens with one attached hydrogen (secondary N) is 1. The highest BCUT2D eigenvalue weighted by Crippen LogP contribution is 2.00. The molecule has 0 aliphatic heterocycles. The van der Waals surface area contributed by atoms with Crippen LogP contribution in [0.2, 0.25) is 0 Å². The molecule has 0 saturated carbocycles. The van der Waals surface area contributed by atoms with Crippen molar-refractivity contribution in [3.8, 4) is 11.6 Å². The molecule has 0 atom stereocenters. The minimum atomic E-state index is 0.670. The maximum absolute atomic E-state index is 4.02. The van der Waals surface area contributed by atoms with Crippen LogP contribution in [0.3, 0.4) is 0 Å². The Hall–Kier alpha value is -2.50. The lowest BCUT2D eigenvalue weighted by Gasteiger charge is -1.97. The lowest BCUT2D eigenvalue weighted by molar-refractivity contribution is -0.654. The van der Waals surface area contributed by atoms with Crippen LogP contribution in [0.4, 0.5) is 0 Å². The van der Waals surface area contributed by atoms with E-state index in [0.717, 1.165) is 5.69 Å². The van der Waals surface area contributed by atoms with Crippen molar-refractivity contribution in [2.24, 2.45) is 0 Å². The summed E-state index contributed by atoms with van der Waals surface area (Å²) in [7, 11) is 0. The molecule has 0 aliphatic carbocycles. The molecule has 16 heavy (non-hydrogen) atoms. The molecule has 6 nitrogen and oxygen atoms in total. The van der Waals surface area contributed by atoms with Crippen LogP contribution in [-0.4, -0.2) is 25.1 Å². The van der Waals surface area contributed by atoms with Gasteiger partial charge in [-0.15, -0.1) is 4.68 Å². The molecule has 0 fully saturated rings. The maximum Gasteiger partial charge on any atom is 0.417 e. The van der Waals surface area contributed by atoms with E-state index >= 15 is 0 Å². The average molecular weight is 213 g/mol. The van der Waals surface area contributed by atoms with E-state index in [9.17, 15) is 0 Å². The molecule has 2 heterocycles. The lowest BCUT2D eigenvalue weighted by Crippen LogP contribution is -2.37. The minimum absolute atomic E-state index is 0.670. The summed E-state index contributed by atoms with van der Waals surface area (Å²) in [6.45, 7) is 0. The zero-order chi connectivity index (χ0) is 10.8. The lowest BCUT2D eigenvalue weighted by atomic mass is 10.3. The third-order valence-electron chi connectivity index (χ3n) is 2.23. The van der Waals surface area contributed by atoms with Crippen LogP contribution in [-0.2, 0) is 0 Å². The number of tetrazole rings is 1. The molecule has 6 heteroatoms. The second kappa shape index (κ2) is 3.58. The smallest absolute Gasteiger partial charge is 0.232 e. The Balaban J connectivity index is 2.14. The van der Waals surface area contributed by atoms with Crippen molar-refractivity contribution < 1.29 is 4.68 Å². The molecule has 0 saturated heterocycles. The first-order valence-corrected chi connectivity index (χ1v) is 4.82. The average Bonchev–Trinajstić information content (AvgIpc) is 3.01. The van der Waals surface area contributed by atoms with E-state index < -0.39 is 0 Å². The predicted molar refractivity (Wildman–Crippen MR) is 55.0 cm³/mol. The summed E-state index contributed by atoms with van der Waals surface area (Å²) in [5.74, 6) is 0.670. The summed E-state index contributed by atoms with van der Waals surface area (Å²) in [4.78, 5) is 3.98. The van der Waals surface area contributed by atoms with Crippen LogP contribution in [0.15, 0.2) is 49.1 Å². The van der Waals surface area contributed by atoms with Crippen molar-refractivity contribution in [1.82, 2.24) is 25.1 Å². The first-order valence-electron chi connectivity index (χ1n) is 4.82. The van der Waals surface area contributed by atoms with Gasteiger partial charge in [-0.25, -0.2) is 9.55 Å². The predicted octanol–water partition coefficient (Wildman–Crippen LogP) is 0.267. The van der Waals surface area contributed by atoms with Crippen LogP contribution < -0.4 is 4.68 Å². The highest BCUT2D eigenvalue weighted by molar-refractivity contribution is 5.22. The standard InChI is InChI=1S/C10H8N6/c1-2-4-9(5-3-1)16-10(12-13-14-16)15-7-6-11-8-15/h1-8H/p+1. The highest BCUT2D eigenvalue weighted by Gasteiger charge is 2.16. The summed E-state index contributed by atoms with van der Waals surface area (Å²) in [5.41, 5.74) is 0.969. The molecule has 0 bridgehead atoms. The monoisotopic (exact) mass is 213 g/mol. The van der Waals surface area contributed by atoms with Crippen molar-refractivity contribution in [2.45, 2.75) is 0 Å². The Morgan fingerprint density at radius 3 is 2.81 bits per heavy atom. The topological polar surface area (TPSA) is 63.3 Å². The van der Waals surface area contributed by atoms with E-state index in [1.807, 2.05) is 36.5 Å². The van der Waals surface area contributed by atoms with Gasteiger partial charge in [0.15, 0.2) is 0 Å². The SMILES string of the molecule is c1ccc(-[n+]2[nH]nnc2-n2ccnc2)cc1. The zero-order valence-corrected chi connectivity index (χ0v) is 8.35. The Morgan fingerprint density at radius 1 is 1.19 bits per heavy atom. The van der Waals surface area contributed by atoms with Crippen LogP contribution in [0.5, 0.6) is 0 Å². The van der Waals surface area contributed by atoms with E-state index in [4.69, 9.17) is 0 Å². The second-order valence-corrected chi connectivity index (χ2v) is 3.24. The first kappa shape index (κ1) is 8.78. The van der Waals surface area contributed by atoms with E-state index in [1.165, 1.54) is 0 Å². The molecule has 78 valence electrons. The molecule has 0 spiro atoms. The molecule has 0 unspecified atom stereocenters. The summed E-state index contributed by atoms with van der Waals surface area (Å²) >= 11 is 0. The Morgan fingerprint density at radius 2 is 2.06 bits per heavy atom.